The Hall–Kier alpha value is -4.32. The van der Waals surface area contributed by atoms with Crippen molar-refractivity contribution in [3.05, 3.63) is 107 Å². The fraction of sp³-hybridized carbons (Fsp3) is 0.333. The summed E-state index contributed by atoms with van der Waals surface area (Å²) in [5.74, 6) is -0.504. The second kappa shape index (κ2) is 16.2. The molecule has 0 saturated carbocycles. The summed E-state index contributed by atoms with van der Waals surface area (Å²) in [5, 5.41) is 0. The molecule has 3 rings (SSSR count). The number of allylic oxidation sites excluding steroid dienone is 2. The molecule has 42 heavy (non-hydrogen) atoms. The lowest BCUT2D eigenvalue weighted by atomic mass is 10.1. The maximum Gasteiger partial charge on any atom is 0.333 e. The molecule has 0 aliphatic heterocycles. The van der Waals surface area contributed by atoms with Crippen molar-refractivity contribution in [2.45, 2.75) is 53.4 Å². The van der Waals surface area contributed by atoms with Gasteiger partial charge in [0, 0.05) is 48.0 Å². The molecule has 0 amide bonds. The summed E-state index contributed by atoms with van der Waals surface area (Å²) in [6, 6.07) is 25.6. The molecule has 0 aliphatic carbocycles. The highest BCUT2D eigenvalue weighted by atomic mass is 16.5. The average Bonchev–Trinajstić information content (AvgIpc) is 3.02. The Morgan fingerprint density at radius 2 is 0.929 bits per heavy atom. The van der Waals surface area contributed by atoms with Gasteiger partial charge in [0.25, 0.3) is 0 Å². The van der Waals surface area contributed by atoms with Crippen molar-refractivity contribution in [1.82, 2.24) is 0 Å². The van der Waals surface area contributed by atoms with Crippen molar-refractivity contribution in [1.29, 1.82) is 0 Å². The van der Waals surface area contributed by atoms with Gasteiger partial charge in [-0.1, -0.05) is 36.4 Å². The Bertz CT molecular complexity index is 1270. The number of anilines is 4. The van der Waals surface area contributed by atoms with E-state index in [-0.39, 0.29) is 11.9 Å². The van der Waals surface area contributed by atoms with Crippen LogP contribution in [0.25, 0.3) is 0 Å². The van der Waals surface area contributed by atoms with E-state index >= 15 is 0 Å². The molecule has 222 valence electrons. The van der Waals surface area contributed by atoms with Crippen LogP contribution in [0.1, 0.15) is 51.7 Å². The van der Waals surface area contributed by atoms with Crippen molar-refractivity contribution in [3.8, 4) is 0 Å². The van der Waals surface area contributed by atoms with E-state index in [4.69, 9.17) is 9.47 Å². The normalized spacial score (nSPS) is 11.7. The first-order valence-corrected chi connectivity index (χ1v) is 14.6. The highest BCUT2D eigenvalue weighted by molar-refractivity contribution is 5.88. The summed E-state index contributed by atoms with van der Waals surface area (Å²) in [5.41, 5.74) is 7.98. The van der Waals surface area contributed by atoms with Crippen LogP contribution >= 0.6 is 0 Å². The third-order valence-corrected chi connectivity index (χ3v) is 7.21. The molecule has 0 unspecified atom stereocenters. The fourth-order valence-corrected chi connectivity index (χ4v) is 4.32. The number of benzene rings is 3. The fourth-order valence-electron chi connectivity index (χ4n) is 4.32. The molecule has 0 fully saturated rings. The predicted molar refractivity (Wildman–Crippen MR) is 173 cm³/mol. The first kappa shape index (κ1) is 32.2. The van der Waals surface area contributed by atoms with E-state index in [9.17, 15) is 9.59 Å². The summed E-state index contributed by atoms with van der Waals surface area (Å²) < 4.78 is 10.7. The number of aryl methyl sites for hydroxylation is 2. The zero-order valence-corrected chi connectivity index (χ0v) is 25.9. The molecule has 0 radical (unpaired) electrons. The molecular formula is C36H44N2O4. The van der Waals surface area contributed by atoms with Crippen LogP contribution in [0.5, 0.6) is 0 Å². The van der Waals surface area contributed by atoms with E-state index in [0.717, 1.165) is 48.4 Å². The lowest BCUT2D eigenvalue weighted by molar-refractivity contribution is -0.139. The maximum atomic E-state index is 11.9. The third-order valence-electron chi connectivity index (χ3n) is 7.21. The molecule has 0 saturated heterocycles. The molecule has 3 aromatic rings. The lowest BCUT2D eigenvalue weighted by Crippen LogP contribution is -2.12. The number of nitrogens with zero attached hydrogens (tertiary/aromatic N) is 2. The molecule has 3 aromatic carbocycles. The van der Waals surface area contributed by atoms with Gasteiger partial charge in [-0.25, -0.2) is 9.59 Å². The molecule has 0 aliphatic rings. The molecule has 0 heterocycles. The maximum absolute atomic E-state index is 11.9. The van der Waals surface area contributed by atoms with Crippen LogP contribution in [0.15, 0.2) is 96.1 Å². The van der Waals surface area contributed by atoms with E-state index in [1.54, 1.807) is 26.0 Å². The Kier molecular flexibility index (Phi) is 12.4. The van der Waals surface area contributed by atoms with Crippen molar-refractivity contribution in [2.75, 3.05) is 37.1 Å². The van der Waals surface area contributed by atoms with Crippen molar-refractivity contribution < 1.29 is 19.1 Å². The number of rotatable bonds is 14. The topological polar surface area (TPSA) is 59.1 Å². The molecule has 0 aromatic heterocycles. The quantitative estimate of drug-likeness (QED) is 0.111. The van der Waals surface area contributed by atoms with Crippen molar-refractivity contribution >= 4 is 34.7 Å². The Labute approximate surface area is 251 Å². The number of carbonyl (C=O) groups excluding carboxylic acids is 2. The minimum atomic E-state index is -0.252. The number of hydrogen-bond acceptors (Lipinski definition) is 6. The molecule has 6 heteroatoms. The largest absolute Gasteiger partial charge is 0.462 e. The van der Waals surface area contributed by atoms with Crippen LogP contribution in [0.4, 0.5) is 22.7 Å². The van der Waals surface area contributed by atoms with Gasteiger partial charge >= 0.3 is 11.9 Å². The van der Waals surface area contributed by atoms with Gasteiger partial charge in [0.1, 0.15) is 0 Å². The summed E-state index contributed by atoms with van der Waals surface area (Å²) in [4.78, 5) is 28.1. The van der Waals surface area contributed by atoms with Crippen molar-refractivity contribution in [2.24, 2.45) is 0 Å². The summed E-state index contributed by atoms with van der Waals surface area (Å²) >= 11 is 0. The van der Waals surface area contributed by atoms with Gasteiger partial charge < -0.3 is 19.3 Å². The average molecular weight is 569 g/mol. The molecule has 0 atom stereocenters. The van der Waals surface area contributed by atoms with E-state index in [2.05, 4.69) is 82.6 Å². The molecule has 6 nitrogen and oxygen atoms in total. The molecular weight excluding hydrogens is 524 g/mol. The van der Waals surface area contributed by atoms with Gasteiger partial charge in [0.2, 0.25) is 0 Å². The highest BCUT2D eigenvalue weighted by Crippen LogP contribution is 2.35. The first-order chi connectivity index (χ1) is 20.2. The number of hydrogen-bond donors (Lipinski definition) is 0. The zero-order chi connectivity index (χ0) is 30.5. The molecule has 0 N–H and O–H groups in total. The third kappa shape index (κ3) is 9.37. The minimum Gasteiger partial charge on any atom is -0.462 e. The van der Waals surface area contributed by atoms with Crippen LogP contribution in [0.3, 0.4) is 0 Å². The van der Waals surface area contributed by atoms with Crippen molar-refractivity contribution in [3.63, 3.8) is 0 Å². The minimum absolute atomic E-state index is 0.252. The van der Waals surface area contributed by atoms with Crippen LogP contribution in [0, 0.1) is 0 Å². The first-order valence-electron chi connectivity index (χ1n) is 14.6. The Morgan fingerprint density at radius 1 is 0.595 bits per heavy atom. The van der Waals surface area contributed by atoms with Gasteiger partial charge in [-0.05, 0) is 113 Å². The van der Waals surface area contributed by atoms with Crippen LogP contribution in [0.2, 0.25) is 0 Å². The van der Waals surface area contributed by atoms with Gasteiger partial charge in [0.15, 0.2) is 0 Å². The number of ether oxygens (including phenoxy) is 2. The molecule has 0 bridgehead atoms. The summed E-state index contributed by atoms with van der Waals surface area (Å²) in [6.45, 7) is 8.00. The van der Waals surface area contributed by atoms with E-state index in [0.29, 0.717) is 24.4 Å². The number of carbonyl (C=O) groups is 2. The van der Waals surface area contributed by atoms with Gasteiger partial charge in [-0.15, -0.1) is 0 Å². The summed E-state index contributed by atoms with van der Waals surface area (Å²) in [6.07, 6.45) is 6.74. The van der Waals surface area contributed by atoms with Crippen LogP contribution in [-0.2, 0) is 31.9 Å². The Balaban J connectivity index is 1.71. The van der Waals surface area contributed by atoms with Gasteiger partial charge in [0.05, 0.1) is 13.2 Å². The van der Waals surface area contributed by atoms with Crippen LogP contribution < -0.4 is 9.80 Å². The lowest BCUT2D eigenvalue weighted by Gasteiger charge is -2.26. The Morgan fingerprint density at radius 3 is 1.26 bits per heavy atom. The summed E-state index contributed by atoms with van der Waals surface area (Å²) in [7, 11) is 4.07. The monoisotopic (exact) mass is 568 g/mol. The predicted octanol–water partition coefficient (Wildman–Crippen LogP) is 8.11. The van der Waals surface area contributed by atoms with Crippen LogP contribution in [-0.4, -0.2) is 39.2 Å². The smallest absolute Gasteiger partial charge is 0.333 e. The van der Waals surface area contributed by atoms with Gasteiger partial charge in [-0.3, -0.25) is 0 Å². The standard InChI is InChI=1S/C36H44N2O4/c1-7-27(3)35(39)41-25-9-11-29-13-17-32(18-14-29)38(34-23-21-31(22-24-34)37(5)6)33-19-15-30(16-20-33)12-10-26-42-36(40)28(4)8-2/h7-8,13-24H,9-12,25-26H2,1-6H3/b27-7+,28-8+. The SMILES string of the molecule is C/C=C(\C)C(=O)OCCCc1ccc(N(c2ccc(CCCOC(=O)/C(C)=C/C)cc2)c2ccc(N(C)C)cc2)cc1. The second-order valence-corrected chi connectivity index (χ2v) is 10.5. The highest BCUT2D eigenvalue weighted by Gasteiger charge is 2.13. The number of esters is 2. The van der Waals surface area contributed by atoms with E-state index in [1.165, 1.54) is 11.1 Å². The van der Waals surface area contributed by atoms with E-state index < -0.39 is 0 Å². The molecule has 0 spiro atoms. The van der Waals surface area contributed by atoms with Gasteiger partial charge in [-0.2, -0.15) is 0 Å². The van der Waals surface area contributed by atoms with E-state index in [1.807, 2.05) is 27.9 Å². The zero-order valence-electron chi connectivity index (χ0n) is 25.9. The second-order valence-electron chi connectivity index (χ2n) is 10.5.